The molecule has 1 aliphatic rings. The van der Waals surface area contributed by atoms with Crippen molar-refractivity contribution in [3.63, 3.8) is 0 Å². The molecule has 0 amide bonds. The van der Waals surface area contributed by atoms with Crippen LogP contribution < -0.4 is 5.32 Å². The van der Waals surface area contributed by atoms with Crippen LogP contribution in [0, 0.1) is 13.8 Å². The Labute approximate surface area is 145 Å². The summed E-state index contributed by atoms with van der Waals surface area (Å²) in [6.45, 7) is 8.27. The Morgan fingerprint density at radius 2 is 1.71 bits per heavy atom. The molecule has 2 aromatic rings. The molecule has 1 aliphatic heterocycles. The normalized spacial score (nSPS) is 15.9. The lowest BCUT2D eigenvalue weighted by Gasteiger charge is -2.22. The van der Waals surface area contributed by atoms with Crippen LogP contribution in [0.2, 0.25) is 0 Å². The number of nitrogens with zero attached hydrogens (tertiary/aromatic N) is 3. The SMILES string of the molecule is Cc1cnc(C)c(NCc2ccccc2CN2CCCCCC2)n1. The van der Waals surface area contributed by atoms with Crippen LogP contribution in [0.25, 0.3) is 0 Å². The third-order valence-corrected chi connectivity index (χ3v) is 4.73. The van der Waals surface area contributed by atoms with Crippen LogP contribution in [-0.4, -0.2) is 28.0 Å². The minimum atomic E-state index is 0.795. The molecular weight excluding hydrogens is 296 g/mol. The number of anilines is 1. The van der Waals surface area contributed by atoms with E-state index in [4.69, 9.17) is 0 Å². The molecule has 0 radical (unpaired) electrons. The largest absolute Gasteiger partial charge is 0.364 e. The molecule has 0 saturated carbocycles. The van der Waals surface area contributed by atoms with Gasteiger partial charge in [0, 0.05) is 19.3 Å². The van der Waals surface area contributed by atoms with Gasteiger partial charge in [0.05, 0.1) is 11.4 Å². The van der Waals surface area contributed by atoms with Gasteiger partial charge < -0.3 is 5.32 Å². The first kappa shape index (κ1) is 16.9. The Balaban J connectivity index is 1.68. The van der Waals surface area contributed by atoms with Gasteiger partial charge in [-0.2, -0.15) is 0 Å². The lowest BCUT2D eigenvalue weighted by molar-refractivity contribution is 0.276. The lowest BCUT2D eigenvalue weighted by atomic mass is 10.1. The number of likely N-dealkylation sites (tertiary alicyclic amines) is 1. The van der Waals surface area contributed by atoms with E-state index in [9.17, 15) is 0 Å². The van der Waals surface area contributed by atoms with Crippen LogP contribution in [0.4, 0.5) is 5.82 Å². The summed E-state index contributed by atoms with van der Waals surface area (Å²) in [5.74, 6) is 0.888. The minimum Gasteiger partial charge on any atom is -0.364 e. The first-order valence-electron chi connectivity index (χ1n) is 9.05. The summed E-state index contributed by atoms with van der Waals surface area (Å²) in [5.41, 5.74) is 4.67. The van der Waals surface area contributed by atoms with E-state index < -0.39 is 0 Å². The Morgan fingerprint density at radius 1 is 1.00 bits per heavy atom. The van der Waals surface area contributed by atoms with Crippen molar-refractivity contribution in [2.45, 2.75) is 52.6 Å². The number of hydrogen-bond donors (Lipinski definition) is 1. The Kier molecular flexibility index (Phi) is 5.81. The molecule has 0 atom stereocenters. The molecule has 1 saturated heterocycles. The molecule has 24 heavy (non-hydrogen) atoms. The van der Waals surface area contributed by atoms with Crippen LogP contribution >= 0.6 is 0 Å². The average molecular weight is 324 g/mol. The molecule has 4 nitrogen and oxygen atoms in total. The highest BCUT2D eigenvalue weighted by molar-refractivity contribution is 5.41. The highest BCUT2D eigenvalue weighted by Gasteiger charge is 2.12. The van der Waals surface area contributed by atoms with E-state index in [-0.39, 0.29) is 0 Å². The predicted molar refractivity (Wildman–Crippen MR) is 99.0 cm³/mol. The number of aryl methyl sites for hydroxylation is 2. The summed E-state index contributed by atoms with van der Waals surface area (Å²) in [4.78, 5) is 11.5. The van der Waals surface area contributed by atoms with Crippen molar-refractivity contribution in [1.29, 1.82) is 0 Å². The van der Waals surface area contributed by atoms with Gasteiger partial charge in [-0.05, 0) is 50.9 Å². The maximum atomic E-state index is 4.56. The number of nitrogens with one attached hydrogen (secondary N) is 1. The maximum absolute atomic E-state index is 4.56. The van der Waals surface area contributed by atoms with Gasteiger partial charge in [-0.25, -0.2) is 4.98 Å². The quantitative estimate of drug-likeness (QED) is 0.899. The Hall–Kier alpha value is -1.94. The summed E-state index contributed by atoms with van der Waals surface area (Å²) < 4.78 is 0. The molecule has 4 heteroatoms. The molecule has 1 fully saturated rings. The van der Waals surface area contributed by atoms with E-state index >= 15 is 0 Å². The molecule has 1 aromatic heterocycles. The van der Waals surface area contributed by atoms with Gasteiger partial charge in [-0.3, -0.25) is 9.88 Å². The highest BCUT2D eigenvalue weighted by Crippen LogP contribution is 2.18. The van der Waals surface area contributed by atoms with Crippen molar-refractivity contribution >= 4 is 5.82 Å². The zero-order valence-corrected chi connectivity index (χ0v) is 14.9. The first-order valence-corrected chi connectivity index (χ1v) is 9.05. The second-order valence-corrected chi connectivity index (χ2v) is 6.76. The topological polar surface area (TPSA) is 41.1 Å². The van der Waals surface area contributed by atoms with Gasteiger partial charge in [-0.1, -0.05) is 37.1 Å². The van der Waals surface area contributed by atoms with E-state index in [0.717, 1.165) is 30.3 Å². The molecule has 1 aromatic carbocycles. The van der Waals surface area contributed by atoms with Crippen LogP contribution in [0.1, 0.15) is 48.2 Å². The molecule has 0 bridgehead atoms. The highest BCUT2D eigenvalue weighted by atomic mass is 15.1. The van der Waals surface area contributed by atoms with Crippen LogP contribution in [0.15, 0.2) is 30.5 Å². The van der Waals surface area contributed by atoms with Crippen molar-refractivity contribution in [3.8, 4) is 0 Å². The Morgan fingerprint density at radius 3 is 2.46 bits per heavy atom. The maximum Gasteiger partial charge on any atom is 0.148 e. The molecule has 0 spiro atoms. The van der Waals surface area contributed by atoms with E-state index in [2.05, 4.69) is 44.5 Å². The first-order chi connectivity index (χ1) is 11.7. The second-order valence-electron chi connectivity index (χ2n) is 6.76. The summed E-state index contributed by atoms with van der Waals surface area (Å²) in [5, 5.41) is 3.47. The summed E-state index contributed by atoms with van der Waals surface area (Å²) in [7, 11) is 0. The summed E-state index contributed by atoms with van der Waals surface area (Å²) >= 11 is 0. The van der Waals surface area contributed by atoms with Gasteiger partial charge in [0.1, 0.15) is 5.82 Å². The predicted octanol–water partition coefficient (Wildman–Crippen LogP) is 4.08. The Bertz CT molecular complexity index is 660. The number of aromatic nitrogens is 2. The molecule has 1 N–H and O–H groups in total. The minimum absolute atomic E-state index is 0.795. The molecule has 3 rings (SSSR count). The van der Waals surface area contributed by atoms with Gasteiger partial charge in [0.2, 0.25) is 0 Å². The fourth-order valence-corrected chi connectivity index (χ4v) is 3.30. The van der Waals surface area contributed by atoms with Crippen LogP contribution in [0.3, 0.4) is 0 Å². The average Bonchev–Trinajstić information content (AvgIpc) is 2.85. The molecular formula is C20H28N4. The summed E-state index contributed by atoms with van der Waals surface area (Å²) in [6, 6.07) is 8.75. The smallest absolute Gasteiger partial charge is 0.148 e. The van der Waals surface area contributed by atoms with Crippen LogP contribution in [-0.2, 0) is 13.1 Å². The molecule has 128 valence electrons. The van der Waals surface area contributed by atoms with Crippen LogP contribution in [0.5, 0.6) is 0 Å². The van der Waals surface area contributed by atoms with Gasteiger partial charge in [0.25, 0.3) is 0 Å². The van der Waals surface area contributed by atoms with Crippen molar-refractivity contribution in [1.82, 2.24) is 14.9 Å². The van der Waals surface area contributed by atoms with E-state index in [1.54, 1.807) is 0 Å². The van der Waals surface area contributed by atoms with E-state index in [1.807, 2.05) is 20.0 Å². The monoisotopic (exact) mass is 324 g/mol. The van der Waals surface area contributed by atoms with Crippen molar-refractivity contribution in [2.24, 2.45) is 0 Å². The van der Waals surface area contributed by atoms with Gasteiger partial charge in [0.15, 0.2) is 0 Å². The van der Waals surface area contributed by atoms with Gasteiger partial charge in [-0.15, -0.1) is 0 Å². The third-order valence-electron chi connectivity index (χ3n) is 4.73. The standard InChI is InChI=1S/C20H28N4/c1-16-13-21-17(2)20(23-16)22-14-18-9-5-6-10-19(18)15-24-11-7-3-4-8-12-24/h5-6,9-10,13H,3-4,7-8,11-12,14-15H2,1-2H3,(H,22,23). The molecule has 2 heterocycles. The van der Waals surface area contributed by atoms with Crippen molar-refractivity contribution < 1.29 is 0 Å². The van der Waals surface area contributed by atoms with Crippen molar-refractivity contribution in [3.05, 3.63) is 53.0 Å². The van der Waals surface area contributed by atoms with E-state index in [1.165, 1.54) is 49.9 Å². The van der Waals surface area contributed by atoms with Crippen molar-refractivity contribution in [2.75, 3.05) is 18.4 Å². The number of hydrogen-bond acceptors (Lipinski definition) is 4. The van der Waals surface area contributed by atoms with Gasteiger partial charge >= 0.3 is 0 Å². The molecule has 0 unspecified atom stereocenters. The van der Waals surface area contributed by atoms with E-state index in [0.29, 0.717) is 0 Å². The third kappa shape index (κ3) is 4.54. The zero-order chi connectivity index (χ0) is 16.8. The number of benzene rings is 1. The lowest BCUT2D eigenvalue weighted by Crippen LogP contribution is -2.24. The number of rotatable bonds is 5. The fraction of sp³-hybridized carbons (Fsp3) is 0.500. The second kappa shape index (κ2) is 8.25. The fourth-order valence-electron chi connectivity index (χ4n) is 3.30. The molecule has 0 aliphatic carbocycles. The summed E-state index contributed by atoms with van der Waals surface area (Å²) in [6.07, 6.45) is 7.24. The zero-order valence-electron chi connectivity index (χ0n) is 14.9.